The molecule has 0 saturated heterocycles. The monoisotopic (exact) mass is 447 g/mol. The lowest BCUT2D eigenvalue weighted by Crippen LogP contribution is -2.16. The quantitative estimate of drug-likeness (QED) is 0.393. The number of benzene rings is 2. The Balaban J connectivity index is 0.00000341. The third-order valence-electron chi connectivity index (χ3n) is 4.48. The van der Waals surface area contributed by atoms with Crippen molar-refractivity contribution >= 4 is 12.4 Å². The molecule has 3 rings (SSSR count). The third kappa shape index (κ3) is 7.50. The van der Waals surface area contributed by atoms with Crippen LogP contribution in [0.2, 0.25) is 0 Å². The predicted octanol–water partition coefficient (Wildman–Crippen LogP) is 4.18. The van der Waals surface area contributed by atoms with Crippen LogP contribution in [0.5, 0.6) is 17.5 Å². The molecule has 9 heteroatoms. The zero-order valence-corrected chi connectivity index (χ0v) is 18.8. The molecule has 3 aromatic rings. The molecule has 31 heavy (non-hydrogen) atoms. The number of ether oxygens (including phenoxy) is 3. The second-order valence-corrected chi connectivity index (χ2v) is 6.79. The molecular formula is C22H30ClN5O3. The fourth-order valence-electron chi connectivity index (χ4n) is 2.86. The molecule has 2 aromatic carbocycles. The first kappa shape index (κ1) is 24.6. The Bertz CT molecular complexity index is 892. The molecule has 0 unspecified atom stereocenters. The number of tetrazole rings is 1. The fraction of sp³-hybridized carbons (Fsp3) is 0.409. The lowest BCUT2D eigenvalue weighted by Gasteiger charge is -2.12. The maximum atomic E-state index is 5.94. The standard InChI is InChI=1S/C22H29N5O3.ClH/c1-3-4-14-29-15-8-13-23-17-18-11-12-20(21(16-18)28-2)30-22-24-25-26-27(22)19-9-6-5-7-10-19;/h5-7,9-12,16,23H,3-4,8,13-15,17H2,1-2H3;1H. The van der Waals surface area contributed by atoms with Crippen LogP contribution in [-0.4, -0.2) is 47.1 Å². The van der Waals surface area contributed by atoms with Gasteiger partial charge in [0.05, 0.1) is 12.8 Å². The van der Waals surface area contributed by atoms with Crippen molar-refractivity contribution in [3.63, 3.8) is 0 Å². The maximum Gasteiger partial charge on any atom is 0.346 e. The third-order valence-corrected chi connectivity index (χ3v) is 4.48. The molecule has 1 N–H and O–H groups in total. The van der Waals surface area contributed by atoms with Crippen LogP contribution in [0, 0.1) is 0 Å². The minimum Gasteiger partial charge on any atom is -0.493 e. The summed E-state index contributed by atoms with van der Waals surface area (Å²) in [5.74, 6) is 1.18. The minimum absolute atomic E-state index is 0. The highest BCUT2D eigenvalue weighted by molar-refractivity contribution is 5.85. The molecule has 0 aliphatic heterocycles. The fourth-order valence-corrected chi connectivity index (χ4v) is 2.86. The van der Waals surface area contributed by atoms with Crippen LogP contribution in [0.4, 0.5) is 0 Å². The van der Waals surface area contributed by atoms with Crippen LogP contribution in [0.25, 0.3) is 5.69 Å². The van der Waals surface area contributed by atoms with Crippen molar-refractivity contribution in [2.75, 3.05) is 26.9 Å². The Labute approximate surface area is 189 Å². The highest BCUT2D eigenvalue weighted by atomic mass is 35.5. The number of halogens is 1. The first-order valence-electron chi connectivity index (χ1n) is 10.3. The van der Waals surface area contributed by atoms with E-state index in [2.05, 4.69) is 27.8 Å². The summed E-state index contributed by atoms with van der Waals surface area (Å²) < 4.78 is 18.6. The number of unbranched alkanes of at least 4 members (excludes halogenated alkanes) is 1. The van der Waals surface area contributed by atoms with Crippen molar-refractivity contribution < 1.29 is 14.2 Å². The van der Waals surface area contributed by atoms with Gasteiger partial charge in [-0.05, 0) is 59.6 Å². The summed E-state index contributed by atoms with van der Waals surface area (Å²) in [6.07, 6.45) is 3.28. The minimum atomic E-state index is 0. The molecule has 0 bridgehead atoms. The van der Waals surface area contributed by atoms with Gasteiger partial charge in [-0.1, -0.05) is 42.7 Å². The summed E-state index contributed by atoms with van der Waals surface area (Å²) in [5.41, 5.74) is 1.92. The smallest absolute Gasteiger partial charge is 0.346 e. The number of hydrogen-bond acceptors (Lipinski definition) is 7. The van der Waals surface area contributed by atoms with E-state index in [1.807, 2.05) is 48.5 Å². The highest BCUT2D eigenvalue weighted by Crippen LogP contribution is 2.32. The van der Waals surface area contributed by atoms with Gasteiger partial charge < -0.3 is 19.5 Å². The molecule has 0 saturated carbocycles. The number of hydrogen-bond donors (Lipinski definition) is 1. The van der Waals surface area contributed by atoms with E-state index >= 15 is 0 Å². The Morgan fingerprint density at radius 1 is 1.00 bits per heavy atom. The molecule has 0 atom stereocenters. The van der Waals surface area contributed by atoms with E-state index in [9.17, 15) is 0 Å². The van der Waals surface area contributed by atoms with Gasteiger partial charge in [0.25, 0.3) is 0 Å². The van der Waals surface area contributed by atoms with Gasteiger partial charge in [0.15, 0.2) is 11.5 Å². The van der Waals surface area contributed by atoms with E-state index in [0.29, 0.717) is 11.5 Å². The molecule has 168 valence electrons. The summed E-state index contributed by atoms with van der Waals surface area (Å²) in [5, 5.41) is 15.1. The van der Waals surface area contributed by atoms with E-state index in [4.69, 9.17) is 14.2 Å². The summed E-state index contributed by atoms with van der Waals surface area (Å²) in [4.78, 5) is 0. The molecule has 0 fully saturated rings. The summed E-state index contributed by atoms with van der Waals surface area (Å²) in [7, 11) is 1.62. The van der Waals surface area contributed by atoms with E-state index in [-0.39, 0.29) is 18.4 Å². The molecule has 0 spiro atoms. The van der Waals surface area contributed by atoms with Crippen LogP contribution >= 0.6 is 12.4 Å². The first-order chi connectivity index (χ1) is 14.8. The van der Waals surface area contributed by atoms with Crippen LogP contribution in [-0.2, 0) is 11.3 Å². The highest BCUT2D eigenvalue weighted by Gasteiger charge is 2.14. The molecule has 0 radical (unpaired) electrons. The lowest BCUT2D eigenvalue weighted by molar-refractivity contribution is 0.129. The number of methoxy groups -OCH3 is 1. The first-order valence-corrected chi connectivity index (χ1v) is 10.3. The van der Waals surface area contributed by atoms with Crippen molar-refractivity contribution in [3.8, 4) is 23.2 Å². The van der Waals surface area contributed by atoms with E-state index < -0.39 is 0 Å². The summed E-state index contributed by atoms with van der Waals surface area (Å²) >= 11 is 0. The number of para-hydroxylation sites is 1. The Morgan fingerprint density at radius 2 is 1.81 bits per heavy atom. The zero-order valence-electron chi connectivity index (χ0n) is 18.0. The van der Waals surface area contributed by atoms with E-state index in [1.54, 1.807) is 7.11 Å². The van der Waals surface area contributed by atoms with Gasteiger partial charge in [0.2, 0.25) is 0 Å². The van der Waals surface area contributed by atoms with Crippen LogP contribution in [0.1, 0.15) is 31.7 Å². The van der Waals surface area contributed by atoms with Crippen molar-refractivity contribution in [2.24, 2.45) is 0 Å². The normalized spacial score (nSPS) is 10.5. The molecule has 8 nitrogen and oxygen atoms in total. The van der Waals surface area contributed by atoms with Crippen molar-refractivity contribution in [1.29, 1.82) is 0 Å². The van der Waals surface area contributed by atoms with E-state index in [0.717, 1.165) is 50.4 Å². The second kappa shape index (κ2) is 13.6. The maximum absolute atomic E-state index is 5.94. The average molecular weight is 448 g/mol. The lowest BCUT2D eigenvalue weighted by atomic mass is 10.2. The number of rotatable bonds is 13. The SMILES string of the molecule is CCCCOCCCNCc1ccc(Oc2nnnn2-c2ccccc2)c(OC)c1.Cl. The van der Waals surface area contributed by atoms with Gasteiger partial charge in [0, 0.05) is 19.8 Å². The van der Waals surface area contributed by atoms with Crippen molar-refractivity contribution in [3.05, 3.63) is 54.1 Å². The Morgan fingerprint density at radius 3 is 2.58 bits per heavy atom. The van der Waals surface area contributed by atoms with Gasteiger partial charge in [-0.15, -0.1) is 12.4 Å². The molecular weight excluding hydrogens is 418 g/mol. The molecule has 0 aliphatic rings. The topological polar surface area (TPSA) is 83.3 Å². The van der Waals surface area contributed by atoms with Crippen molar-refractivity contribution in [1.82, 2.24) is 25.5 Å². The molecule has 0 aliphatic carbocycles. The van der Waals surface area contributed by atoms with Gasteiger partial charge in [0.1, 0.15) is 0 Å². The van der Waals surface area contributed by atoms with Gasteiger partial charge in [-0.3, -0.25) is 0 Å². The van der Waals surface area contributed by atoms with E-state index in [1.165, 1.54) is 11.1 Å². The Kier molecular flexibility index (Phi) is 10.8. The largest absolute Gasteiger partial charge is 0.493 e. The summed E-state index contributed by atoms with van der Waals surface area (Å²) in [6, 6.07) is 15.7. The van der Waals surface area contributed by atoms with Crippen LogP contribution in [0.3, 0.4) is 0 Å². The molecule has 1 aromatic heterocycles. The average Bonchev–Trinajstić information content (AvgIpc) is 3.25. The van der Waals surface area contributed by atoms with Crippen molar-refractivity contribution in [2.45, 2.75) is 32.7 Å². The van der Waals surface area contributed by atoms with Gasteiger partial charge in [-0.2, -0.15) is 4.68 Å². The second-order valence-electron chi connectivity index (χ2n) is 6.79. The van der Waals surface area contributed by atoms with Crippen LogP contribution in [0.15, 0.2) is 48.5 Å². The van der Waals surface area contributed by atoms with Gasteiger partial charge in [-0.25, -0.2) is 0 Å². The molecule has 1 heterocycles. The van der Waals surface area contributed by atoms with Gasteiger partial charge >= 0.3 is 6.01 Å². The number of nitrogens with zero attached hydrogens (tertiary/aromatic N) is 4. The zero-order chi connectivity index (χ0) is 21.0. The van der Waals surface area contributed by atoms with Crippen LogP contribution < -0.4 is 14.8 Å². The Hall–Kier alpha value is -2.68. The molecule has 0 amide bonds. The number of aromatic nitrogens is 4. The summed E-state index contributed by atoms with van der Waals surface area (Å²) in [6.45, 7) is 5.45. The number of nitrogens with one attached hydrogen (secondary N) is 1. The predicted molar refractivity (Wildman–Crippen MR) is 122 cm³/mol.